The highest BCUT2D eigenvalue weighted by molar-refractivity contribution is 14.1. The molecule has 1 aromatic carbocycles. The van der Waals surface area contributed by atoms with Crippen LogP contribution in [0.1, 0.15) is 40.2 Å². The van der Waals surface area contributed by atoms with E-state index in [9.17, 15) is 4.79 Å². The minimum atomic E-state index is -0.0278. The number of thioether (sulfide) groups is 1. The van der Waals surface area contributed by atoms with Gasteiger partial charge in [-0.25, -0.2) is 0 Å². The van der Waals surface area contributed by atoms with Gasteiger partial charge >= 0.3 is 0 Å². The summed E-state index contributed by atoms with van der Waals surface area (Å²) < 4.78 is 12.2. The maximum absolute atomic E-state index is 12.9. The van der Waals surface area contributed by atoms with Crippen molar-refractivity contribution in [1.82, 2.24) is 4.90 Å². The lowest BCUT2D eigenvalue weighted by atomic mass is 10.1. The van der Waals surface area contributed by atoms with Crippen LogP contribution in [0, 0.1) is 15.9 Å². The van der Waals surface area contributed by atoms with E-state index in [1.807, 2.05) is 52.8 Å². The monoisotopic (exact) mass is 512 g/mol. The van der Waals surface area contributed by atoms with Gasteiger partial charge in [0, 0.05) is 12.1 Å². The van der Waals surface area contributed by atoms with E-state index in [0.29, 0.717) is 23.0 Å². The molecule has 0 unspecified atom stereocenters. The van der Waals surface area contributed by atoms with Crippen molar-refractivity contribution in [3.8, 4) is 23.8 Å². The van der Waals surface area contributed by atoms with E-state index in [0.717, 1.165) is 14.3 Å². The molecule has 7 heteroatoms. The molecule has 0 N–H and O–H groups in total. The molecular weight excluding hydrogens is 487 g/mol. The summed E-state index contributed by atoms with van der Waals surface area (Å²) in [6.07, 6.45) is 7.18. The van der Waals surface area contributed by atoms with Crippen molar-refractivity contribution in [2.45, 2.75) is 46.7 Å². The number of rotatable bonds is 7. The third-order valence-corrected chi connectivity index (χ3v) is 5.45. The van der Waals surface area contributed by atoms with Crippen molar-refractivity contribution >= 4 is 51.5 Å². The maximum Gasteiger partial charge on any atom is 0.266 e. The fourth-order valence-corrected chi connectivity index (χ4v) is 4.61. The highest BCUT2D eigenvalue weighted by Gasteiger charge is 2.35. The van der Waals surface area contributed by atoms with Gasteiger partial charge in [-0.1, -0.05) is 5.92 Å². The molecule has 0 aliphatic carbocycles. The van der Waals surface area contributed by atoms with Crippen LogP contribution in [0.25, 0.3) is 6.08 Å². The number of hydrogen-bond donors (Lipinski definition) is 0. The highest BCUT2D eigenvalue weighted by Crippen LogP contribution is 2.38. The van der Waals surface area contributed by atoms with E-state index >= 15 is 0 Å². The second-order valence-corrected chi connectivity index (χ2v) is 8.81. The second kappa shape index (κ2) is 10.2. The fraction of sp³-hybridized carbons (Fsp3) is 0.429. The number of terminal acetylenes is 1. The first-order valence-corrected chi connectivity index (χ1v) is 11.0. The zero-order valence-electron chi connectivity index (χ0n) is 16.8. The van der Waals surface area contributed by atoms with Crippen LogP contribution in [0.2, 0.25) is 0 Å². The molecule has 0 saturated carbocycles. The van der Waals surface area contributed by atoms with Crippen LogP contribution in [-0.2, 0) is 4.79 Å². The largest absolute Gasteiger partial charge is 0.490 e. The molecule has 0 atom stereocenters. The molecule has 150 valence electrons. The van der Waals surface area contributed by atoms with Gasteiger partial charge < -0.3 is 9.47 Å². The Balaban J connectivity index is 2.44. The average Bonchev–Trinajstić information content (AvgIpc) is 2.89. The Kier molecular flexibility index (Phi) is 8.25. The van der Waals surface area contributed by atoms with Crippen LogP contribution in [0.3, 0.4) is 0 Å². The van der Waals surface area contributed by atoms with Gasteiger partial charge in [0.15, 0.2) is 16.7 Å². The Bertz CT molecular complexity index is 841. The van der Waals surface area contributed by atoms with E-state index in [4.69, 9.17) is 15.9 Å². The molecule has 0 aromatic heterocycles. The standard InChI is InChI=1S/C21H25IN2O3S/c1-7-9-27-19-16(22)10-15(11-17(19)26-8-2)12-18-20(25)24(14(5)6)21(28-18)23-13(3)4/h1,10-14H,8-9H2,2-6H3/b18-12+,23-21?. The Morgan fingerprint density at radius 3 is 2.61 bits per heavy atom. The molecular formula is C21H25IN2O3S. The number of nitrogens with zero attached hydrogens (tertiary/aromatic N) is 2. The quantitative estimate of drug-likeness (QED) is 0.300. The molecule has 1 amide bonds. The van der Waals surface area contributed by atoms with Gasteiger partial charge in [-0.3, -0.25) is 14.7 Å². The van der Waals surface area contributed by atoms with Crippen LogP contribution < -0.4 is 9.47 Å². The zero-order valence-corrected chi connectivity index (χ0v) is 19.8. The van der Waals surface area contributed by atoms with Crippen molar-refractivity contribution < 1.29 is 14.3 Å². The normalized spacial score (nSPS) is 17.1. The molecule has 0 radical (unpaired) electrons. The van der Waals surface area contributed by atoms with Crippen LogP contribution >= 0.6 is 34.4 Å². The first-order chi connectivity index (χ1) is 13.3. The van der Waals surface area contributed by atoms with Crippen molar-refractivity contribution in [3.05, 3.63) is 26.2 Å². The number of halogens is 1. The Morgan fingerprint density at radius 2 is 2.04 bits per heavy atom. The number of carbonyl (C=O) groups excluding carboxylic acids is 1. The van der Waals surface area contributed by atoms with Gasteiger partial charge in [-0.05, 0) is 92.7 Å². The number of aliphatic imine (C=N–C) groups is 1. The van der Waals surface area contributed by atoms with Gasteiger partial charge in [0.25, 0.3) is 5.91 Å². The topological polar surface area (TPSA) is 51.1 Å². The van der Waals surface area contributed by atoms with Crippen LogP contribution in [0.4, 0.5) is 0 Å². The summed E-state index contributed by atoms with van der Waals surface area (Å²) in [5, 5.41) is 0.745. The summed E-state index contributed by atoms with van der Waals surface area (Å²) in [4.78, 5) is 19.9. The van der Waals surface area contributed by atoms with Gasteiger partial charge in [0.05, 0.1) is 15.1 Å². The SMILES string of the molecule is C#CCOc1c(I)cc(/C=C2/SC(=NC(C)C)N(C(C)C)C2=O)cc1OCC. The van der Waals surface area contributed by atoms with E-state index in [1.54, 1.807) is 4.90 Å². The van der Waals surface area contributed by atoms with Crippen LogP contribution in [-0.4, -0.2) is 41.3 Å². The van der Waals surface area contributed by atoms with Crippen molar-refractivity contribution in [2.75, 3.05) is 13.2 Å². The van der Waals surface area contributed by atoms with Crippen LogP contribution in [0.5, 0.6) is 11.5 Å². The lowest BCUT2D eigenvalue weighted by molar-refractivity contribution is -0.123. The molecule has 1 fully saturated rings. The van der Waals surface area contributed by atoms with Crippen molar-refractivity contribution in [3.63, 3.8) is 0 Å². The number of hydrogen-bond acceptors (Lipinski definition) is 5. The van der Waals surface area contributed by atoms with Crippen molar-refractivity contribution in [1.29, 1.82) is 0 Å². The summed E-state index contributed by atoms with van der Waals surface area (Å²) >= 11 is 3.60. The van der Waals surface area contributed by atoms with Gasteiger partial charge in [-0.2, -0.15) is 0 Å². The predicted molar refractivity (Wildman–Crippen MR) is 125 cm³/mol. The lowest BCUT2D eigenvalue weighted by Gasteiger charge is -2.20. The van der Waals surface area contributed by atoms with Gasteiger partial charge in [-0.15, -0.1) is 6.42 Å². The minimum Gasteiger partial charge on any atom is -0.490 e. The summed E-state index contributed by atoms with van der Waals surface area (Å²) in [6, 6.07) is 3.99. The lowest BCUT2D eigenvalue weighted by Crippen LogP contribution is -2.35. The molecule has 1 saturated heterocycles. The molecule has 1 aromatic rings. The second-order valence-electron chi connectivity index (χ2n) is 6.64. The fourth-order valence-electron chi connectivity index (χ4n) is 2.59. The first-order valence-electron chi connectivity index (χ1n) is 9.11. The summed E-state index contributed by atoms with van der Waals surface area (Å²) in [6.45, 7) is 10.6. The Hall–Kier alpha value is -1.66. The highest BCUT2D eigenvalue weighted by atomic mass is 127. The number of benzene rings is 1. The summed E-state index contributed by atoms with van der Waals surface area (Å²) in [7, 11) is 0. The average molecular weight is 512 g/mol. The third-order valence-electron chi connectivity index (χ3n) is 3.65. The van der Waals surface area contributed by atoms with E-state index < -0.39 is 0 Å². The smallest absolute Gasteiger partial charge is 0.266 e. The van der Waals surface area contributed by atoms with E-state index in [1.165, 1.54) is 11.8 Å². The first kappa shape index (κ1) is 22.6. The molecule has 0 spiro atoms. The number of amides is 1. The van der Waals surface area contributed by atoms with E-state index in [2.05, 4.69) is 33.5 Å². The van der Waals surface area contributed by atoms with Gasteiger partial charge in [0.2, 0.25) is 0 Å². The molecule has 1 aliphatic heterocycles. The molecule has 1 aliphatic rings. The molecule has 28 heavy (non-hydrogen) atoms. The van der Waals surface area contributed by atoms with E-state index in [-0.39, 0.29) is 24.6 Å². The summed E-state index contributed by atoms with van der Waals surface area (Å²) in [5.41, 5.74) is 0.867. The van der Waals surface area contributed by atoms with Crippen molar-refractivity contribution in [2.24, 2.45) is 4.99 Å². The minimum absolute atomic E-state index is 0.0278. The third kappa shape index (κ3) is 5.45. The molecule has 1 heterocycles. The number of ether oxygens (including phenoxy) is 2. The number of carbonyl (C=O) groups is 1. The Morgan fingerprint density at radius 1 is 1.32 bits per heavy atom. The molecule has 2 rings (SSSR count). The zero-order chi connectivity index (χ0) is 20.8. The molecule has 0 bridgehead atoms. The summed E-state index contributed by atoms with van der Waals surface area (Å²) in [5.74, 6) is 3.68. The van der Waals surface area contributed by atoms with Crippen LogP contribution in [0.15, 0.2) is 22.0 Å². The predicted octanol–water partition coefficient (Wildman–Crippen LogP) is 4.79. The molecule has 5 nitrogen and oxygen atoms in total. The Labute approximate surface area is 185 Å². The maximum atomic E-state index is 12.9. The number of amidine groups is 1. The van der Waals surface area contributed by atoms with Gasteiger partial charge in [0.1, 0.15) is 6.61 Å².